The minimum absolute atomic E-state index is 0.0175. The Bertz CT molecular complexity index is 1080. The standard InChI is InChI=1S/C18H21N2O8P/c1-11-8-20(18(22)19-17(11)21)16-6-4-14(27-16)10-26-29(23)25-9-12-7-13(24-2)3-5-15(12)28-29/h3,5,7-8,14,16H,4,6,9-10H2,1-2H3,(H,19,21,22)/t14-,16+,29?/m0/s1. The third-order valence-electron chi connectivity index (χ3n) is 4.82. The summed E-state index contributed by atoms with van der Waals surface area (Å²) in [6.45, 7) is 1.67. The van der Waals surface area contributed by atoms with E-state index >= 15 is 0 Å². The summed E-state index contributed by atoms with van der Waals surface area (Å²) in [5, 5.41) is 0. The molecule has 1 aromatic heterocycles. The maximum absolute atomic E-state index is 12.7. The Balaban J connectivity index is 1.38. The summed E-state index contributed by atoms with van der Waals surface area (Å²) >= 11 is 0. The van der Waals surface area contributed by atoms with Gasteiger partial charge in [-0.3, -0.25) is 23.4 Å². The summed E-state index contributed by atoms with van der Waals surface area (Å²) in [6.07, 6.45) is 1.68. The molecule has 2 aliphatic rings. The number of nitrogens with zero attached hydrogens (tertiary/aromatic N) is 1. The van der Waals surface area contributed by atoms with E-state index in [0.717, 1.165) is 0 Å². The first-order chi connectivity index (χ1) is 13.9. The van der Waals surface area contributed by atoms with Crippen LogP contribution in [-0.2, 0) is 25.0 Å². The molecule has 29 heavy (non-hydrogen) atoms. The topological polar surface area (TPSA) is 118 Å². The van der Waals surface area contributed by atoms with Crippen molar-refractivity contribution in [3.8, 4) is 11.5 Å². The highest BCUT2D eigenvalue weighted by Gasteiger charge is 2.37. The first kappa shape index (κ1) is 19.9. The number of phosphoric ester groups is 1. The van der Waals surface area contributed by atoms with Crippen LogP contribution in [0.25, 0.3) is 0 Å². The average Bonchev–Trinajstić information content (AvgIpc) is 3.18. The van der Waals surface area contributed by atoms with Gasteiger partial charge in [-0.05, 0) is 38.0 Å². The molecule has 0 amide bonds. The van der Waals surface area contributed by atoms with E-state index in [1.54, 1.807) is 32.2 Å². The number of phosphoric acid groups is 1. The van der Waals surface area contributed by atoms with Gasteiger partial charge in [-0.15, -0.1) is 0 Å². The number of nitrogens with one attached hydrogen (secondary N) is 1. The van der Waals surface area contributed by atoms with Gasteiger partial charge < -0.3 is 14.0 Å². The molecule has 1 aromatic carbocycles. The molecule has 2 aromatic rings. The Labute approximate surface area is 165 Å². The smallest absolute Gasteiger partial charge is 0.497 e. The first-order valence-electron chi connectivity index (χ1n) is 9.10. The summed E-state index contributed by atoms with van der Waals surface area (Å²) in [4.78, 5) is 25.8. The minimum Gasteiger partial charge on any atom is -0.497 e. The number of hydrogen-bond acceptors (Lipinski definition) is 8. The van der Waals surface area contributed by atoms with E-state index < -0.39 is 31.4 Å². The van der Waals surface area contributed by atoms with Crippen LogP contribution in [-0.4, -0.2) is 29.4 Å². The largest absolute Gasteiger partial charge is 0.530 e. The average molecular weight is 424 g/mol. The monoisotopic (exact) mass is 424 g/mol. The van der Waals surface area contributed by atoms with Gasteiger partial charge in [-0.2, -0.15) is 0 Å². The maximum atomic E-state index is 12.7. The van der Waals surface area contributed by atoms with Crippen molar-refractivity contribution >= 4 is 7.82 Å². The van der Waals surface area contributed by atoms with E-state index in [1.165, 1.54) is 10.8 Å². The number of H-pyrrole nitrogens is 1. The second kappa shape index (κ2) is 7.79. The quantitative estimate of drug-likeness (QED) is 0.727. The van der Waals surface area contributed by atoms with Crippen LogP contribution in [0.15, 0.2) is 34.0 Å². The van der Waals surface area contributed by atoms with E-state index in [9.17, 15) is 14.2 Å². The van der Waals surface area contributed by atoms with Crippen LogP contribution < -0.4 is 20.5 Å². The molecular formula is C18H21N2O8P. The number of aromatic nitrogens is 2. The first-order valence-corrected chi connectivity index (χ1v) is 10.6. The number of methoxy groups -OCH3 is 1. The Kier molecular flexibility index (Phi) is 5.35. The zero-order valence-electron chi connectivity index (χ0n) is 16.0. The number of fused-ring (bicyclic) bond motifs is 1. The molecule has 10 nitrogen and oxygen atoms in total. The molecule has 156 valence electrons. The van der Waals surface area contributed by atoms with Gasteiger partial charge in [-0.1, -0.05) is 0 Å². The summed E-state index contributed by atoms with van der Waals surface area (Å²) in [5.41, 5.74) is 0.165. The summed E-state index contributed by atoms with van der Waals surface area (Å²) < 4.78 is 41.3. The van der Waals surface area contributed by atoms with Crippen molar-refractivity contribution < 1.29 is 27.6 Å². The third-order valence-corrected chi connectivity index (χ3v) is 6.15. The van der Waals surface area contributed by atoms with Gasteiger partial charge in [0.2, 0.25) is 0 Å². The van der Waals surface area contributed by atoms with Gasteiger partial charge >= 0.3 is 13.5 Å². The van der Waals surface area contributed by atoms with Crippen LogP contribution in [0.1, 0.15) is 30.2 Å². The lowest BCUT2D eigenvalue weighted by atomic mass is 10.2. The molecule has 4 rings (SSSR count). The fourth-order valence-electron chi connectivity index (χ4n) is 3.23. The van der Waals surface area contributed by atoms with Gasteiger partial charge in [0, 0.05) is 17.3 Å². The molecule has 2 aliphatic heterocycles. The molecule has 11 heteroatoms. The van der Waals surface area contributed by atoms with Crippen molar-refractivity contribution in [1.82, 2.24) is 9.55 Å². The number of benzene rings is 1. The minimum atomic E-state index is -3.77. The van der Waals surface area contributed by atoms with E-state index in [0.29, 0.717) is 35.5 Å². The van der Waals surface area contributed by atoms with Crippen molar-refractivity contribution in [2.45, 2.75) is 38.7 Å². The fourth-order valence-corrected chi connectivity index (χ4v) is 4.48. The van der Waals surface area contributed by atoms with Crippen molar-refractivity contribution in [2.75, 3.05) is 13.7 Å². The number of aryl methyl sites for hydroxylation is 1. The molecule has 0 aliphatic carbocycles. The van der Waals surface area contributed by atoms with Gasteiger partial charge in [0.25, 0.3) is 5.56 Å². The Morgan fingerprint density at radius 3 is 2.93 bits per heavy atom. The van der Waals surface area contributed by atoms with Crippen LogP contribution >= 0.6 is 7.82 Å². The third kappa shape index (κ3) is 4.16. The molecule has 3 atom stereocenters. The highest BCUT2D eigenvalue weighted by Crippen LogP contribution is 2.55. The molecule has 0 radical (unpaired) electrons. The summed E-state index contributed by atoms with van der Waals surface area (Å²) in [6, 6.07) is 5.09. The lowest BCUT2D eigenvalue weighted by Gasteiger charge is -2.26. The summed E-state index contributed by atoms with van der Waals surface area (Å²) in [7, 11) is -2.22. The zero-order chi connectivity index (χ0) is 20.6. The maximum Gasteiger partial charge on any atom is 0.530 e. The lowest BCUT2D eigenvalue weighted by Crippen LogP contribution is -2.33. The molecule has 0 saturated carbocycles. The predicted octanol–water partition coefficient (Wildman–Crippen LogP) is 2.27. The van der Waals surface area contributed by atoms with E-state index in [-0.39, 0.29) is 13.2 Å². The molecule has 3 heterocycles. The molecule has 1 unspecified atom stereocenters. The molecule has 0 spiro atoms. The lowest BCUT2D eigenvalue weighted by molar-refractivity contribution is -0.0265. The van der Waals surface area contributed by atoms with Crippen LogP contribution in [0.4, 0.5) is 0 Å². The van der Waals surface area contributed by atoms with Gasteiger partial charge in [0.1, 0.15) is 17.7 Å². The van der Waals surface area contributed by atoms with E-state index in [4.69, 9.17) is 23.0 Å². The second-order valence-electron chi connectivity index (χ2n) is 6.85. The van der Waals surface area contributed by atoms with Crippen molar-refractivity contribution in [3.63, 3.8) is 0 Å². The predicted molar refractivity (Wildman–Crippen MR) is 101 cm³/mol. The SMILES string of the molecule is COc1ccc2c(c1)COP(=O)(OC[C@@H]1CC[C@H](n3cc(C)c(=O)[nH]c3=O)O1)O2. The zero-order valence-corrected chi connectivity index (χ0v) is 16.8. The highest BCUT2D eigenvalue weighted by molar-refractivity contribution is 7.49. The van der Waals surface area contributed by atoms with E-state index in [1.807, 2.05) is 0 Å². The summed E-state index contributed by atoms with van der Waals surface area (Å²) in [5.74, 6) is 1.06. The Hall–Kier alpha value is -2.39. The van der Waals surface area contributed by atoms with Crippen LogP contribution in [0.5, 0.6) is 11.5 Å². The number of rotatable bonds is 5. The highest BCUT2D eigenvalue weighted by atomic mass is 31.2. The normalized spacial score (nSPS) is 26.0. The van der Waals surface area contributed by atoms with Gasteiger partial charge in [0.05, 0.1) is 26.4 Å². The number of ether oxygens (including phenoxy) is 2. The van der Waals surface area contributed by atoms with Crippen molar-refractivity contribution in [2.24, 2.45) is 0 Å². The fraction of sp³-hybridized carbons (Fsp3) is 0.444. The molecule has 1 saturated heterocycles. The van der Waals surface area contributed by atoms with Crippen LogP contribution in [0.3, 0.4) is 0 Å². The number of hydrogen-bond donors (Lipinski definition) is 1. The van der Waals surface area contributed by atoms with Crippen molar-refractivity contribution in [3.05, 3.63) is 56.4 Å². The Morgan fingerprint density at radius 1 is 1.31 bits per heavy atom. The van der Waals surface area contributed by atoms with Gasteiger partial charge in [-0.25, -0.2) is 9.36 Å². The number of aromatic amines is 1. The molecule has 0 bridgehead atoms. The molecular weight excluding hydrogens is 403 g/mol. The molecule has 1 N–H and O–H groups in total. The van der Waals surface area contributed by atoms with Crippen molar-refractivity contribution in [1.29, 1.82) is 0 Å². The van der Waals surface area contributed by atoms with Gasteiger partial charge in [0.15, 0.2) is 0 Å². The second-order valence-corrected chi connectivity index (χ2v) is 8.44. The Morgan fingerprint density at radius 2 is 2.14 bits per heavy atom. The van der Waals surface area contributed by atoms with Crippen LogP contribution in [0.2, 0.25) is 0 Å². The van der Waals surface area contributed by atoms with E-state index in [2.05, 4.69) is 4.98 Å². The van der Waals surface area contributed by atoms with Crippen LogP contribution in [0, 0.1) is 6.92 Å². The molecule has 1 fully saturated rings.